The summed E-state index contributed by atoms with van der Waals surface area (Å²) >= 11 is 1.71. The van der Waals surface area contributed by atoms with E-state index in [2.05, 4.69) is 18.4 Å². The van der Waals surface area contributed by atoms with Crippen LogP contribution in [0.15, 0.2) is 35.7 Å². The van der Waals surface area contributed by atoms with Crippen LogP contribution >= 0.6 is 11.3 Å². The molecule has 1 saturated carbocycles. The molecule has 2 heterocycles. The van der Waals surface area contributed by atoms with E-state index in [1.54, 1.807) is 23.5 Å². The van der Waals surface area contributed by atoms with Gasteiger partial charge in [0.25, 0.3) is 0 Å². The average Bonchev–Trinajstić information content (AvgIpc) is 3.50. The minimum absolute atomic E-state index is 0.0139. The second-order valence-corrected chi connectivity index (χ2v) is 9.65. The molecule has 1 aliphatic carbocycles. The Balaban J connectivity index is 1.50. The maximum absolute atomic E-state index is 13.5. The van der Waals surface area contributed by atoms with Crippen LogP contribution in [0.4, 0.5) is 4.39 Å². The molecule has 1 aromatic heterocycles. The Kier molecular flexibility index (Phi) is 7.06. The van der Waals surface area contributed by atoms with Crippen LogP contribution in [0.2, 0.25) is 0 Å². The Labute approximate surface area is 188 Å². The molecular formula is C25H31FN2O2S. The number of nitrogens with zero attached hydrogens (tertiary/aromatic N) is 2. The lowest BCUT2D eigenvalue weighted by Gasteiger charge is -2.37. The number of fused-ring (bicyclic) bond motifs is 1. The zero-order chi connectivity index (χ0) is 21.8. The fraction of sp³-hybridized carbons (Fsp3) is 0.520. The topological polar surface area (TPSA) is 40.6 Å². The van der Waals surface area contributed by atoms with Gasteiger partial charge in [0.2, 0.25) is 11.8 Å². The summed E-state index contributed by atoms with van der Waals surface area (Å²) in [6.45, 7) is 2.93. The molecule has 4 nitrogen and oxygen atoms in total. The molecule has 0 spiro atoms. The summed E-state index contributed by atoms with van der Waals surface area (Å²) in [5.41, 5.74) is 2.04. The van der Waals surface area contributed by atoms with Crippen molar-refractivity contribution in [2.75, 3.05) is 13.1 Å². The number of benzene rings is 1. The third-order valence-electron chi connectivity index (χ3n) is 6.33. The lowest BCUT2D eigenvalue weighted by atomic mass is 9.93. The Bertz CT molecular complexity index is 907. The molecule has 0 bridgehead atoms. The standard InChI is InChI=1S/C25H31FN2O2S/c1-2-3-4-5-6-23(29)28(20-11-12-20)17-24(30)27-15-13-22-21(14-16-31-22)25(27)18-7-9-19(26)10-8-18/h7-10,14,16,20,25H,2-6,11-13,15,17H2,1H3. The summed E-state index contributed by atoms with van der Waals surface area (Å²) in [5, 5.41) is 2.06. The van der Waals surface area contributed by atoms with Crippen molar-refractivity contribution in [3.8, 4) is 0 Å². The zero-order valence-electron chi connectivity index (χ0n) is 18.2. The van der Waals surface area contributed by atoms with Gasteiger partial charge in [-0.2, -0.15) is 0 Å². The van der Waals surface area contributed by atoms with Crippen LogP contribution in [0.25, 0.3) is 0 Å². The fourth-order valence-corrected chi connectivity index (χ4v) is 5.38. The van der Waals surface area contributed by atoms with Crippen molar-refractivity contribution in [3.63, 3.8) is 0 Å². The van der Waals surface area contributed by atoms with Crippen molar-refractivity contribution in [3.05, 3.63) is 57.5 Å². The number of rotatable bonds is 9. The van der Waals surface area contributed by atoms with Crippen LogP contribution in [0.1, 0.15) is 73.9 Å². The highest BCUT2D eigenvalue weighted by Gasteiger charge is 2.37. The van der Waals surface area contributed by atoms with Gasteiger partial charge in [0, 0.05) is 23.9 Å². The summed E-state index contributed by atoms with van der Waals surface area (Å²) in [6, 6.07) is 8.52. The third kappa shape index (κ3) is 5.17. The SMILES string of the molecule is CCCCCCC(=O)N(CC(=O)N1CCc2sccc2C1c1ccc(F)cc1)C1CC1. The lowest BCUT2D eigenvalue weighted by molar-refractivity contribution is -0.142. The van der Waals surface area contributed by atoms with Crippen LogP contribution in [-0.4, -0.2) is 40.7 Å². The molecule has 1 fully saturated rings. The first-order valence-corrected chi connectivity index (χ1v) is 12.4. The Hall–Kier alpha value is -2.21. The van der Waals surface area contributed by atoms with Crippen molar-refractivity contribution in [2.45, 2.75) is 70.4 Å². The number of carbonyl (C=O) groups excluding carboxylic acids is 2. The average molecular weight is 443 g/mol. The molecule has 1 unspecified atom stereocenters. The van der Waals surface area contributed by atoms with Gasteiger partial charge >= 0.3 is 0 Å². The first kappa shape index (κ1) is 22.0. The molecule has 2 aliphatic rings. The molecule has 2 amide bonds. The maximum atomic E-state index is 13.5. The summed E-state index contributed by atoms with van der Waals surface area (Å²) in [6.07, 6.45) is 7.58. The monoisotopic (exact) mass is 442 g/mol. The molecular weight excluding hydrogens is 411 g/mol. The van der Waals surface area contributed by atoms with E-state index in [0.717, 1.165) is 56.1 Å². The first-order valence-electron chi connectivity index (χ1n) is 11.5. The molecule has 4 rings (SSSR count). The molecule has 6 heteroatoms. The summed E-state index contributed by atoms with van der Waals surface area (Å²) in [4.78, 5) is 31.3. The number of hydrogen-bond acceptors (Lipinski definition) is 3. The van der Waals surface area contributed by atoms with Crippen molar-refractivity contribution in [2.24, 2.45) is 0 Å². The Morgan fingerprint density at radius 3 is 2.61 bits per heavy atom. The predicted molar refractivity (Wildman–Crippen MR) is 121 cm³/mol. The number of hydrogen-bond donors (Lipinski definition) is 0. The molecule has 1 aromatic carbocycles. The molecule has 2 aromatic rings. The second-order valence-electron chi connectivity index (χ2n) is 8.65. The zero-order valence-corrected chi connectivity index (χ0v) is 19.0. The largest absolute Gasteiger partial charge is 0.330 e. The normalized spacial score (nSPS) is 18.0. The van der Waals surface area contributed by atoms with E-state index >= 15 is 0 Å². The van der Waals surface area contributed by atoms with Gasteiger partial charge in [0.1, 0.15) is 12.4 Å². The van der Waals surface area contributed by atoms with E-state index in [1.165, 1.54) is 17.0 Å². The lowest BCUT2D eigenvalue weighted by Crippen LogP contribution is -2.47. The van der Waals surface area contributed by atoms with Crippen LogP contribution in [0, 0.1) is 5.82 Å². The minimum Gasteiger partial charge on any atom is -0.330 e. The maximum Gasteiger partial charge on any atom is 0.243 e. The summed E-state index contributed by atoms with van der Waals surface area (Å²) < 4.78 is 13.5. The first-order chi connectivity index (χ1) is 15.1. The van der Waals surface area contributed by atoms with Crippen LogP contribution in [-0.2, 0) is 16.0 Å². The van der Waals surface area contributed by atoms with E-state index in [-0.39, 0.29) is 36.3 Å². The van der Waals surface area contributed by atoms with Crippen molar-refractivity contribution in [1.82, 2.24) is 9.80 Å². The van der Waals surface area contributed by atoms with Crippen molar-refractivity contribution in [1.29, 1.82) is 0 Å². The molecule has 31 heavy (non-hydrogen) atoms. The summed E-state index contributed by atoms with van der Waals surface area (Å²) in [5.74, 6) is -0.185. The van der Waals surface area contributed by atoms with E-state index in [9.17, 15) is 14.0 Å². The number of amides is 2. The molecule has 0 N–H and O–H groups in total. The fourth-order valence-electron chi connectivity index (χ4n) is 4.48. The third-order valence-corrected chi connectivity index (χ3v) is 7.33. The number of carbonyl (C=O) groups is 2. The number of halogens is 1. The van der Waals surface area contributed by atoms with Gasteiger partial charge in [-0.1, -0.05) is 38.3 Å². The van der Waals surface area contributed by atoms with Crippen LogP contribution in [0.3, 0.4) is 0 Å². The highest BCUT2D eigenvalue weighted by atomic mass is 32.1. The molecule has 0 saturated heterocycles. The van der Waals surface area contributed by atoms with Gasteiger partial charge in [-0.15, -0.1) is 11.3 Å². The van der Waals surface area contributed by atoms with E-state index in [4.69, 9.17) is 0 Å². The Morgan fingerprint density at radius 2 is 1.90 bits per heavy atom. The molecule has 1 atom stereocenters. The number of thiophene rings is 1. The quantitative estimate of drug-likeness (QED) is 0.493. The van der Waals surface area contributed by atoms with E-state index < -0.39 is 0 Å². The smallest absolute Gasteiger partial charge is 0.243 e. The molecule has 0 radical (unpaired) electrons. The van der Waals surface area contributed by atoms with Gasteiger partial charge in [0.15, 0.2) is 0 Å². The Morgan fingerprint density at radius 1 is 1.13 bits per heavy atom. The molecule has 1 aliphatic heterocycles. The molecule has 166 valence electrons. The van der Waals surface area contributed by atoms with Crippen molar-refractivity contribution < 1.29 is 14.0 Å². The second kappa shape index (κ2) is 9.94. The predicted octanol–water partition coefficient (Wildman–Crippen LogP) is 5.32. The summed E-state index contributed by atoms with van der Waals surface area (Å²) in [7, 11) is 0. The van der Waals surface area contributed by atoms with E-state index in [1.807, 2.05) is 9.80 Å². The van der Waals surface area contributed by atoms with E-state index in [0.29, 0.717) is 13.0 Å². The minimum atomic E-state index is -0.281. The van der Waals surface area contributed by atoms with Gasteiger partial charge < -0.3 is 9.80 Å². The van der Waals surface area contributed by atoms with Gasteiger partial charge in [-0.05, 0) is 60.4 Å². The number of unbranched alkanes of at least 4 members (excludes halogenated alkanes) is 3. The van der Waals surface area contributed by atoms with Crippen molar-refractivity contribution >= 4 is 23.2 Å². The van der Waals surface area contributed by atoms with Crippen LogP contribution < -0.4 is 0 Å². The van der Waals surface area contributed by atoms with Gasteiger partial charge in [-0.25, -0.2) is 4.39 Å². The van der Waals surface area contributed by atoms with Gasteiger partial charge in [-0.3, -0.25) is 9.59 Å². The van der Waals surface area contributed by atoms with Gasteiger partial charge in [0.05, 0.1) is 6.04 Å². The van der Waals surface area contributed by atoms with Crippen LogP contribution in [0.5, 0.6) is 0 Å². The highest BCUT2D eigenvalue weighted by molar-refractivity contribution is 7.10. The highest BCUT2D eigenvalue weighted by Crippen LogP contribution is 2.38.